The van der Waals surface area contributed by atoms with E-state index < -0.39 is 0 Å². The fourth-order valence-corrected chi connectivity index (χ4v) is 2.82. The van der Waals surface area contributed by atoms with Crippen molar-refractivity contribution in [3.63, 3.8) is 0 Å². The summed E-state index contributed by atoms with van der Waals surface area (Å²) in [5.41, 5.74) is 0.485. The highest BCUT2D eigenvalue weighted by molar-refractivity contribution is 5.84. The van der Waals surface area contributed by atoms with Crippen molar-refractivity contribution in [1.29, 1.82) is 0 Å². The zero-order valence-electron chi connectivity index (χ0n) is 15.6. The molecule has 0 atom stereocenters. The van der Waals surface area contributed by atoms with Crippen molar-refractivity contribution >= 4 is 22.7 Å². The average molecular weight is 358 g/mol. The molecule has 0 unspecified atom stereocenters. The van der Waals surface area contributed by atoms with Gasteiger partial charge >= 0.3 is 0 Å². The fourth-order valence-electron chi connectivity index (χ4n) is 2.82. The Morgan fingerprint density at radius 2 is 1.81 bits per heavy atom. The molecular weight excluding hydrogens is 332 g/mol. The minimum atomic E-state index is -0.168. The molecule has 1 aromatic heterocycles. The van der Waals surface area contributed by atoms with Crippen molar-refractivity contribution in [1.82, 2.24) is 19.8 Å². The third-order valence-electron chi connectivity index (χ3n) is 4.38. The second-order valence-corrected chi connectivity index (χ2v) is 6.20. The Morgan fingerprint density at radius 1 is 1.12 bits per heavy atom. The zero-order chi connectivity index (χ0) is 19.1. The summed E-state index contributed by atoms with van der Waals surface area (Å²) in [4.78, 5) is 46.7. The molecule has 7 nitrogen and oxygen atoms in total. The SMILES string of the molecule is CCN(CC)C(=O)CN(C)C(=O)CCCc1nc2ccccc2c(=O)[nH]1. The Hall–Kier alpha value is -2.70. The molecule has 2 amide bonds. The fraction of sp³-hybridized carbons (Fsp3) is 0.474. The normalized spacial score (nSPS) is 10.7. The number of benzene rings is 1. The Morgan fingerprint density at radius 3 is 2.50 bits per heavy atom. The number of nitrogens with zero attached hydrogens (tertiary/aromatic N) is 3. The van der Waals surface area contributed by atoms with Gasteiger partial charge in [-0.25, -0.2) is 4.98 Å². The Balaban J connectivity index is 1.88. The first-order valence-electron chi connectivity index (χ1n) is 8.95. The van der Waals surface area contributed by atoms with Crippen LogP contribution in [0.25, 0.3) is 10.9 Å². The summed E-state index contributed by atoms with van der Waals surface area (Å²) in [5, 5.41) is 0.557. The lowest BCUT2D eigenvalue weighted by Crippen LogP contribution is -2.41. The van der Waals surface area contributed by atoms with Crippen LogP contribution in [-0.2, 0) is 16.0 Å². The van der Waals surface area contributed by atoms with E-state index in [9.17, 15) is 14.4 Å². The van der Waals surface area contributed by atoms with E-state index >= 15 is 0 Å². The quantitative estimate of drug-likeness (QED) is 0.776. The largest absolute Gasteiger partial charge is 0.342 e. The molecule has 0 saturated heterocycles. The van der Waals surface area contributed by atoms with Crippen LogP contribution in [0.2, 0.25) is 0 Å². The van der Waals surface area contributed by atoms with Crippen molar-refractivity contribution in [3.8, 4) is 0 Å². The third-order valence-corrected chi connectivity index (χ3v) is 4.38. The maximum Gasteiger partial charge on any atom is 0.258 e. The monoisotopic (exact) mass is 358 g/mol. The standard InChI is InChI=1S/C19H26N4O3/c1-4-23(5-2)18(25)13-22(3)17(24)12-8-11-16-20-15-10-7-6-9-14(15)19(26)21-16/h6-7,9-10H,4-5,8,11-13H2,1-3H3,(H,20,21,26). The van der Waals surface area contributed by atoms with E-state index in [4.69, 9.17) is 0 Å². The summed E-state index contributed by atoms with van der Waals surface area (Å²) in [6.07, 6.45) is 1.37. The first-order valence-corrected chi connectivity index (χ1v) is 8.95. The lowest BCUT2D eigenvalue weighted by molar-refractivity contribution is -0.139. The molecule has 1 N–H and O–H groups in total. The molecule has 0 fully saturated rings. The van der Waals surface area contributed by atoms with E-state index in [0.29, 0.717) is 49.1 Å². The number of rotatable bonds is 8. The molecule has 2 rings (SSSR count). The number of amides is 2. The van der Waals surface area contributed by atoms with Gasteiger partial charge in [-0.15, -0.1) is 0 Å². The highest BCUT2D eigenvalue weighted by Crippen LogP contribution is 2.08. The molecule has 0 radical (unpaired) electrons. The van der Waals surface area contributed by atoms with Gasteiger partial charge in [-0.1, -0.05) is 12.1 Å². The molecule has 1 aromatic carbocycles. The second-order valence-electron chi connectivity index (χ2n) is 6.20. The smallest absolute Gasteiger partial charge is 0.258 e. The molecular formula is C19H26N4O3. The molecule has 0 aliphatic carbocycles. The predicted octanol–water partition coefficient (Wildman–Crippen LogP) is 1.57. The van der Waals surface area contributed by atoms with Gasteiger partial charge in [0.25, 0.3) is 5.56 Å². The van der Waals surface area contributed by atoms with Gasteiger partial charge < -0.3 is 14.8 Å². The van der Waals surface area contributed by atoms with Crippen LogP contribution in [-0.4, -0.2) is 58.3 Å². The van der Waals surface area contributed by atoms with Crippen LogP contribution < -0.4 is 5.56 Å². The predicted molar refractivity (Wildman–Crippen MR) is 101 cm³/mol. The number of carbonyl (C=O) groups excluding carboxylic acids is 2. The average Bonchev–Trinajstić information content (AvgIpc) is 2.62. The number of hydrogen-bond donors (Lipinski definition) is 1. The summed E-state index contributed by atoms with van der Waals surface area (Å²) < 4.78 is 0. The van der Waals surface area contributed by atoms with Crippen LogP contribution in [0.3, 0.4) is 0 Å². The number of carbonyl (C=O) groups is 2. The van der Waals surface area contributed by atoms with Gasteiger partial charge in [-0.05, 0) is 32.4 Å². The molecule has 0 spiro atoms. The number of fused-ring (bicyclic) bond motifs is 1. The highest BCUT2D eigenvalue weighted by atomic mass is 16.2. The van der Waals surface area contributed by atoms with Gasteiger partial charge in [-0.2, -0.15) is 0 Å². The van der Waals surface area contributed by atoms with Gasteiger partial charge in [0, 0.05) is 33.0 Å². The van der Waals surface area contributed by atoms with E-state index in [-0.39, 0.29) is 23.9 Å². The number of nitrogens with one attached hydrogen (secondary N) is 1. The first-order chi connectivity index (χ1) is 12.5. The number of likely N-dealkylation sites (N-methyl/N-ethyl adjacent to an activating group) is 2. The van der Waals surface area contributed by atoms with Crippen molar-refractivity contribution < 1.29 is 9.59 Å². The summed E-state index contributed by atoms with van der Waals surface area (Å²) in [6.45, 7) is 5.20. The van der Waals surface area contributed by atoms with Gasteiger partial charge in [-0.3, -0.25) is 14.4 Å². The van der Waals surface area contributed by atoms with E-state index in [1.807, 2.05) is 19.9 Å². The maximum atomic E-state index is 12.2. The van der Waals surface area contributed by atoms with E-state index in [2.05, 4.69) is 9.97 Å². The molecule has 2 aromatic rings. The summed E-state index contributed by atoms with van der Waals surface area (Å²) in [7, 11) is 1.64. The van der Waals surface area contributed by atoms with Crippen molar-refractivity contribution in [3.05, 3.63) is 40.4 Å². The topological polar surface area (TPSA) is 86.4 Å². The number of aryl methyl sites for hydroxylation is 1. The molecule has 0 saturated carbocycles. The second kappa shape index (κ2) is 9.12. The summed E-state index contributed by atoms with van der Waals surface area (Å²) >= 11 is 0. The minimum Gasteiger partial charge on any atom is -0.342 e. The molecule has 140 valence electrons. The van der Waals surface area contributed by atoms with E-state index in [1.165, 1.54) is 4.90 Å². The molecule has 0 bridgehead atoms. The number of H-pyrrole nitrogens is 1. The van der Waals surface area contributed by atoms with Crippen molar-refractivity contribution in [2.24, 2.45) is 0 Å². The van der Waals surface area contributed by atoms with Crippen molar-refractivity contribution in [2.45, 2.75) is 33.1 Å². The highest BCUT2D eigenvalue weighted by Gasteiger charge is 2.16. The number of aromatic nitrogens is 2. The molecule has 1 heterocycles. The van der Waals surface area contributed by atoms with Crippen LogP contribution >= 0.6 is 0 Å². The lowest BCUT2D eigenvalue weighted by atomic mass is 10.2. The maximum absolute atomic E-state index is 12.2. The van der Waals surface area contributed by atoms with Gasteiger partial charge in [0.05, 0.1) is 17.4 Å². The van der Waals surface area contributed by atoms with Crippen LogP contribution in [0.15, 0.2) is 29.1 Å². The van der Waals surface area contributed by atoms with Crippen LogP contribution in [0.4, 0.5) is 0 Å². The van der Waals surface area contributed by atoms with E-state index in [1.54, 1.807) is 30.1 Å². The molecule has 7 heteroatoms. The Kier molecular flexibility index (Phi) is 6.89. The van der Waals surface area contributed by atoms with Crippen LogP contribution in [0, 0.1) is 0 Å². The Bertz CT molecular complexity index is 827. The lowest BCUT2D eigenvalue weighted by Gasteiger charge is -2.23. The molecule has 0 aliphatic heterocycles. The number of hydrogen-bond acceptors (Lipinski definition) is 4. The van der Waals surface area contributed by atoms with Gasteiger partial charge in [0.1, 0.15) is 5.82 Å². The van der Waals surface area contributed by atoms with Gasteiger partial charge in [0.2, 0.25) is 11.8 Å². The Labute approximate surface area is 153 Å². The molecule has 26 heavy (non-hydrogen) atoms. The number of aromatic amines is 1. The summed E-state index contributed by atoms with van der Waals surface area (Å²) in [5.74, 6) is 0.434. The van der Waals surface area contributed by atoms with Crippen molar-refractivity contribution in [2.75, 3.05) is 26.7 Å². The third kappa shape index (κ3) is 4.91. The summed E-state index contributed by atoms with van der Waals surface area (Å²) in [6, 6.07) is 7.17. The van der Waals surface area contributed by atoms with Crippen LogP contribution in [0.5, 0.6) is 0 Å². The number of para-hydroxylation sites is 1. The minimum absolute atomic E-state index is 0.0497. The first kappa shape index (κ1) is 19.6. The van der Waals surface area contributed by atoms with Gasteiger partial charge in [0.15, 0.2) is 0 Å². The molecule has 0 aliphatic rings. The zero-order valence-corrected chi connectivity index (χ0v) is 15.6. The van der Waals surface area contributed by atoms with Crippen LogP contribution in [0.1, 0.15) is 32.5 Å². The van der Waals surface area contributed by atoms with E-state index in [0.717, 1.165) is 0 Å².